The first-order valence-electron chi connectivity index (χ1n) is 11.7. The summed E-state index contributed by atoms with van der Waals surface area (Å²) in [7, 11) is 0. The average Bonchev–Trinajstić information content (AvgIpc) is 2.83. The van der Waals surface area contributed by atoms with Crippen LogP contribution in [0.3, 0.4) is 0 Å². The first-order valence-corrected chi connectivity index (χ1v) is 12.4. The summed E-state index contributed by atoms with van der Waals surface area (Å²) >= 11 is 1.60. The molecule has 2 aliphatic heterocycles. The number of aryl methyl sites for hydroxylation is 2. The van der Waals surface area contributed by atoms with Crippen molar-refractivity contribution in [2.45, 2.75) is 63.3 Å². The van der Waals surface area contributed by atoms with Gasteiger partial charge < -0.3 is 13.8 Å². The second-order valence-corrected chi connectivity index (χ2v) is 9.64. The van der Waals surface area contributed by atoms with Gasteiger partial charge in [-0.15, -0.1) is 0 Å². The summed E-state index contributed by atoms with van der Waals surface area (Å²) in [6, 6.07) is 12.5. The second-order valence-electron chi connectivity index (χ2n) is 8.59. The van der Waals surface area contributed by atoms with E-state index in [0.717, 1.165) is 56.6 Å². The molecule has 0 radical (unpaired) electrons. The number of hydrogen-bond acceptors (Lipinski definition) is 6. The lowest BCUT2D eigenvalue weighted by Gasteiger charge is -2.37. The van der Waals surface area contributed by atoms with E-state index in [1.807, 2.05) is 6.07 Å². The zero-order valence-corrected chi connectivity index (χ0v) is 19.7. The fraction of sp³-hybridized carbons (Fsp3) is 0.520. The molecule has 4 rings (SSSR count). The highest BCUT2D eigenvalue weighted by Gasteiger charge is 2.27. The normalized spacial score (nSPS) is 18.9. The number of nitro groups is 1. The Morgan fingerprint density at radius 1 is 1.16 bits per heavy atom. The molecule has 2 aromatic rings. The maximum absolute atomic E-state index is 11.8. The number of nitro benzene ring substituents is 1. The molecule has 1 atom stereocenters. The van der Waals surface area contributed by atoms with Crippen molar-refractivity contribution >= 4 is 23.3 Å². The van der Waals surface area contributed by atoms with Crippen LogP contribution in [0.2, 0.25) is 0 Å². The predicted molar refractivity (Wildman–Crippen MR) is 129 cm³/mol. The largest absolute Gasteiger partial charge is 0.487 e. The standard InChI is InChI=1S/C25H32N2O4S/c1-3-18-5-9-23-20(15-18)6-7-21(4-2)26(23)32-22-8-10-25(24(16-22)27(28)29)31-17-19-11-13-30-14-12-19/h5,8-10,15-16,19,21H,3-4,6-7,11-14,17H2,1-2H3. The number of fused-ring (bicyclic) bond motifs is 1. The molecular weight excluding hydrogens is 424 g/mol. The number of nitrogens with zero attached hydrogens (tertiary/aromatic N) is 2. The molecule has 0 bridgehead atoms. The van der Waals surface area contributed by atoms with Gasteiger partial charge in [-0.3, -0.25) is 10.1 Å². The van der Waals surface area contributed by atoms with E-state index < -0.39 is 0 Å². The van der Waals surface area contributed by atoms with E-state index in [1.165, 1.54) is 16.8 Å². The molecule has 0 amide bonds. The van der Waals surface area contributed by atoms with E-state index in [1.54, 1.807) is 24.1 Å². The van der Waals surface area contributed by atoms with Crippen LogP contribution in [0.1, 0.15) is 50.7 Å². The molecule has 0 N–H and O–H groups in total. The summed E-state index contributed by atoms with van der Waals surface area (Å²) < 4.78 is 13.6. The van der Waals surface area contributed by atoms with E-state index in [-0.39, 0.29) is 10.6 Å². The van der Waals surface area contributed by atoms with E-state index in [0.29, 0.717) is 24.3 Å². The molecule has 172 valence electrons. The lowest BCUT2D eigenvalue weighted by Crippen LogP contribution is -2.33. The molecule has 1 saturated heterocycles. The van der Waals surface area contributed by atoms with Crippen molar-refractivity contribution < 1.29 is 14.4 Å². The van der Waals surface area contributed by atoms with Crippen LogP contribution >= 0.6 is 11.9 Å². The van der Waals surface area contributed by atoms with Gasteiger partial charge in [0.15, 0.2) is 5.75 Å². The minimum atomic E-state index is -0.335. The summed E-state index contributed by atoms with van der Waals surface area (Å²) in [6.45, 7) is 6.35. The molecule has 1 fully saturated rings. The lowest BCUT2D eigenvalue weighted by atomic mass is 9.94. The lowest BCUT2D eigenvalue weighted by molar-refractivity contribution is -0.386. The van der Waals surface area contributed by atoms with Crippen molar-refractivity contribution in [1.29, 1.82) is 0 Å². The smallest absolute Gasteiger partial charge is 0.312 e. The van der Waals surface area contributed by atoms with Gasteiger partial charge in [-0.1, -0.05) is 26.0 Å². The molecule has 7 heteroatoms. The van der Waals surface area contributed by atoms with Gasteiger partial charge in [-0.2, -0.15) is 0 Å². The molecule has 6 nitrogen and oxygen atoms in total. The third-order valence-electron chi connectivity index (χ3n) is 6.49. The topological polar surface area (TPSA) is 64.8 Å². The molecule has 2 heterocycles. The highest BCUT2D eigenvalue weighted by Crippen LogP contribution is 2.42. The highest BCUT2D eigenvalue weighted by atomic mass is 32.2. The number of hydrogen-bond donors (Lipinski definition) is 0. The van der Waals surface area contributed by atoms with Crippen LogP contribution in [0.5, 0.6) is 5.75 Å². The molecule has 0 spiro atoms. The third-order valence-corrected chi connectivity index (χ3v) is 7.64. The van der Waals surface area contributed by atoms with E-state index in [9.17, 15) is 10.1 Å². The van der Waals surface area contributed by atoms with E-state index in [4.69, 9.17) is 9.47 Å². The minimum absolute atomic E-state index is 0.0358. The minimum Gasteiger partial charge on any atom is -0.487 e. The summed E-state index contributed by atoms with van der Waals surface area (Å²) in [5.74, 6) is 0.741. The number of benzene rings is 2. The number of anilines is 1. The summed E-state index contributed by atoms with van der Waals surface area (Å²) in [4.78, 5) is 12.3. The van der Waals surface area contributed by atoms with Gasteiger partial charge in [0, 0.05) is 30.2 Å². The Morgan fingerprint density at radius 2 is 1.97 bits per heavy atom. The highest BCUT2D eigenvalue weighted by molar-refractivity contribution is 8.00. The molecule has 0 aromatic heterocycles. The quantitative estimate of drug-likeness (QED) is 0.268. The fourth-order valence-corrected chi connectivity index (χ4v) is 5.66. The zero-order valence-electron chi connectivity index (χ0n) is 18.9. The van der Waals surface area contributed by atoms with Gasteiger partial charge in [-0.25, -0.2) is 0 Å². The monoisotopic (exact) mass is 456 g/mol. The van der Waals surface area contributed by atoms with Crippen molar-refractivity contribution in [3.05, 3.63) is 57.6 Å². The second kappa shape index (κ2) is 10.6. The van der Waals surface area contributed by atoms with Gasteiger partial charge in [0.1, 0.15) is 0 Å². The summed E-state index contributed by atoms with van der Waals surface area (Å²) in [5.41, 5.74) is 3.99. The van der Waals surface area contributed by atoms with E-state index in [2.05, 4.69) is 36.4 Å². The van der Waals surface area contributed by atoms with Gasteiger partial charge >= 0.3 is 5.69 Å². The number of ether oxygens (including phenoxy) is 2. The Balaban J connectivity index is 1.54. The Morgan fingerprint density at radius 3 is 2.69 bits per heavy atom. The molecular formula is C25H32N2O4S. The SMILES string of the molecule is CCc1ccc2c(c1)CCC(CC)N2Sc1ccc(OCC2CCOCC2)c([N+](=O)[O-])c1. The molecule has 0 aliphatic carbocycles. The molecule has 1 unspecified atom stereocenters. The van der Waals surface area contributed by atoms with Gasteiger partial charge in [-0.05, 0) is 85.7 Å². The van der Waals surface area contributed by atoms with Crippen LogP contribution in [-0.4, -0.2) is 30.8 Å². The Bertz CT molecular complexity index is 946. The maximum Gasteiger partial charge on any atom is 0.312 e. The molecule has 0 saturated carbocycles. The van der Waals surface area contributed by atoms with Crippen molar-refractivity contribution in [1.82, 2.24) is 0 Å². The van der Waals surface area contributed by atoms with Crippen molar-refractivity contribution in [3.8, 4) is 5.75 Å². The molecule has 2 aliphatic rings. The number of rotatable bonds is 8. The maximum atomic E-state index is 11.8. The van der Waals surface area contributed by atoms with Crippen molar-refractivity contribution in [3.63, 3.8) is 0 Å². The summed E-state index contributed by atoms with van der Waals surface area (Å²) in [5, 5.41) is 11.8. The third kappa shape index (κ3) is 5.21. The van der Waals surface area contributed by atoms with Gasteiger partial charge in [0.2, 0.25) is 0 Å². The Kier molecular flexibility index (Phi) is 7.58. The van der Waals surface area contributed by atoms with Crippen molar-refractivity contribution in [2.24, 2.45) is 5.92 Å². The molecule has 32 heavy (non-hydrogen) atoms. The zero-order chi connectivity index (χ0) is 22.5. The first-order chi connectivity index (χ1) is 15.6. The van der Waals surface area contributed by atoms with E-state index >= 15 is 0 Å². The van der Waals surface area contributed by atoms with Crippen LogP contribution in [0, 0.1) is 16.0 Å². The van der Waals surface area contributed by atoms with Gasteiger partial charge in [0.05, 0.1) is 17.2 Å². The van der Waals surface area contributed by atoms with Gasteiger partial charge in [0.25, 0.3) is 0 Å². The Labute approximate surface area is 194 Å². The fourth-order valence-electron chi connectivity index (χ4n) is 4.46. The molecule has 2 aromatic carbocycles. The Hall–Kier alpha value is -2.25. The predicted octanol–water partition coefficient (Wildman–Crippen LogP) is 6.20. The summed E-state index contributed by atoms with van der Waals surface area (Å²) in [6.07, 6.45) is 6.12. The van der Waals surface area contributed by atoms with Crippen molar-refractivity contribution in [2.75, 3.05) is 24.1 Å². The van der Waals surface area contributed by atoms with Crippen LogP contribution in [0.15, 0.2) is 41.3 Å². The van der Waals surface area contributed by atoms with Crippen LogP contribution in [0.25, 0.3) is 0 Å². The van der Waals surface area contributed by atoms with Crippen LogP contribution < -0.4 is 9.04 Å². The first kappa shape index (κ1) is 22.9. The van der Waals surface area contributed by atoms with Crippen LogP contribution in [0.4, 0.5) is 11.4 Å². The van der Waals surface area contributed by atoms with Crippen LogP contribution in [-0.2, 0) is 17.6 Å². The average molecular weight is 457 g/mol.